The van der Waals surface area contributed by atoms with Gasteiger partial charge in [-0.3, -0.25) is 0 Å². The summed E-state index contributed by atoms with van der Waals surface area (Å²) in [4.78, 5) is 4.24. The molecule has 0 fully saturated rings. The average Bonchev–Trinajstić information content (AvgIpc) is 2.77. The fourth-order valence-electron chi connectivity index (χ4n) is 1.57. The number of aryl methyl sites for hydroxylation is 2. The predicted octanol–water partition coefficient (Wildman–Crippen LogP) is 1.56. The van der Waals surface area contributed by atoms with Gasteiger partial charge in [0.05, 0.1) is 6.26 Å². The van der Waals surface area contributed by atoms with Crippen LogP contribution >= 0.6 is 0 Å². The number of hydrogen-bond acceptors (Lipinski definition) is 3. The molecule has 0 aliphatic heterocycles. The van der Waals surface area contributed by atoms with E-state index in [4.69, 9.17) is 10.2 Å². The van der Waals surface area contributed by atoms with Crippen LogP contribution in [0, 0.1) is 6.92 Å². The van der Waals surface area contributed by atoms with E-state index in [9.17, 15) is 0 Å². The van der Waals surface area contributed by atoms with Crippen LogP contribution in [0.3, 0.4) is 0 Å². The van der Waals surface area contributed by atoms with Gasteiger partial charge in [0.15, 0.2) is 0 Å². The Bertz CT molecular complexity index is 444. The molecule has 4 heteroatoms. The van der Waals surface area contributed by atoms with Gasteiger partial charge in [0, 0.05) is 37.5 Å². The van der Waals surface area contributed by atoms with Gasteiger partial charge in [0.1, 0.15) is 11.6 Å². The summed E-state index contributed by atoms with van der Waals surface area (Å²) < 4.78 is 7.21. The summed E-state index contributed by atoms with van der Waals surface area (Å²) in [6.07, 6.45) is 6.14. The fourth-order valence-corrected chi connectivity index (χ4v) is 1.57. The first-order valence-electron chi connectivity index (χ1n) is 4.93. The number of furan rings is 1. The van der Waals surface area contributed by atoms with Gasteiger partial charge in [-0.25, -0.2) is 4.98 Å². The summed E-state index contributed by atoms with van der Waals surface area (Å²) in [5, 5.41) is 0. The molecule has 0 saturated carbocycles. The maximum absolute atomic E-state index is 6.06. The molecular formula is C11H15N3O. The first-order valence-corrected chi connectivity index (χ1v) is 4.93. The Morgan fingerprint density at radius 1 is 1.60 bits per heavy atom. The van der Waals surface area contributed by atoms with Crippen LogP contribution in [0.25, 0.3) is 0 Å². The van der Waals surface area contributed by atoms with Crippen molar-refractivity contribution in [3.63, 3.8) is 0 Å². The second-order valence-electron chi connectivity index (χ2n) is 3.76. The van der Waals surface area contributed by atoms with Crippen LogP contribution in [0.4, 0.5) is 0 Å². The van der Waals surface area contributed by atoms with Crippen LogP contribution in [0.15, 0.2) is 29.1 Å². The normalized spacial score (nSPS) is 13.0. The molecule has 0 aliphatic rings. The molecule has 4 nitrogen and oxygen atoms in total. The van der Waals surface area contributed by atoms with Gasteiger partial charge in [0.25, 0.3) is 0 Å². The monoisotopic (exact) mass is 205 g/mol. The van der Waals surface area contributed by atoms with Crippen LogP contribution in [0.2, 0.25) is 0 Å². The van der Waals surface area contributed by atoms with Gasteiger partial charge < -0.3 is 14.7 Å². The van der Waals surface area contributed by atoms with Gasteiger partial charge in [-0.1, -0.05) is 0 Å². The molecule has 2 rings (SSSR count). The molecule has 0 spiro atoms. The molecule has 1 unspecified atom stereocenters. The van der Waals surface area contributed by atoms with Crippen LogP contribution in [-0.2, 0) is 13.5 Å². The Hall–Kier alpha value is -1.55. The molecule has 0 saturated heterocycles. The van der Waals surface area contributed by atoms with E-state index >= 15 is 0 Å². The predicted molar refractivity (Wildman–Crippen MR) is 57.3 cm³/mol. The SMILES string of the molecule is Cc1cc(C(N)Cc2nccn2C)co1. The van der Waals surface area contributed by atoms with Crippen molar-refractivity contribution in [2.45, 2.75) is 19.4 Å². The van der Waals surface area contributed by atoms with Gasteiger partial charge >= 0.3 is 0 Å². The molecule has 15 heavy (non-hydrogen) atoms. The highest BCUT2D eigenvalue weighted by Crippen LogP contribution is 2.17. The lowest BCUT2D eigenvalue weighted by Crippen LogP contribution is -2.15. The Morgan fingerprint density at radius 3 is 2.93 bits per heavy atom. The molecule has 0 bridgehead atoms. The minimum Gasteiger partial charge on any atom is -0.469 e. The van der Waals surface area contributed by atoms with Gasteiger partial charge in [-0.05, 0) is 13.0 Å². The molecule has 2 aromatic heterocycles. The van der Waals surface area contributed by atoms with Crippen molar-refractivity contribution in [1.29, 1.82) is 0 Å². The number of nitrogens with two attached hydrogens (primary N) is 1. The maximum Gasteiger partial charge on any atom is 0.110 e. The van der Waals surface area contributed by atoms with E-state index in [1.807, 2.05) is 30.8 Å². The lowest BCUT2D eigenvalue weighted by molar-refractivity contribution is 0.527. The van der Waals surface area contributed by atoms with Crippen LogP contribution < -0.4 is 5.73 Å². The molecular weight excluding hydrogens is 190 g/mol. The second kappa shape index (κ2) is 3.90. The molecule has 0 amide bonds. The van der Waals surface area contributed by atoms with Crippen molar-refractivity contribution >= 4 is 0 Å². The van der Waals surface area contributed by atoms with E-state index in [-0.39, 0.29) is 6.04 Å². The third-order valence-corrected chi connectivity index (χ3v) is 2.50. The highest BCUT2D eigenvalue weighted by molar-refractivity contribution is 5.17. The molecule has 2 aromatic rings. The highest BCUT2D eigenvalue weighted by atomic mass is 16.3. The van der Waals surface area contributed by atoms with E-state index < -0.39 is 0 Å². The first-order chi connectivity index (χ1) is 7.16. The van der Waals surface area contributed by atoms with Crippen molar-refractivity contribution in [3.8, 4) is 0 Å². The zero-order valence-electron chi connectivity index (χ0n) is 8.97. The van der Waals surface area contributed by atoms with Gasteiger partial charge in [-0.2, -0.15) is 0 Å². The minimum atomic E-state index is -0.0523. The summed E-state index contributed by atoms with van der Waals surface area (Å²) in [6.45, 7) is 1.91. The second-order valence-corrected chi connectivity index (χ2v) is 3.76. The molecule has 2 heterocycles. The summed E-state index contributed by atoms with van der Waals surface area (Å²) in [5.74, 6) is 1.88. The summed E-state index contributed by atoms with van der Waals surface area (Å²) in [7, 11) is 1.97. The summed E-state index contributed by atoms with van der Waals surface area (Å²) in [5.41, 5.74) is 7.08. The number of aromatic nitrogens is 2. The van der Waals surface area contributed by atoms with Crippen molar-refractivity contribution in [2.75, 3.05) is 0 Å². The molecule has 80 valence electrons. The summed E-state index contributed by atoms with van der Waals surface area (Å²) in [6, 6.07) is 1.91. The minimum absolute atomic E-state index is 0.0523. The molecule has 1 atom stereocenters. The van der Waals surface area contributed by atoms with E-state index in [0.29, 0.717) is 0 Å². The van der Waals surface area contributed by atoms with Gasteiger partial charge in [0.2, 0.25) is 0 Å². The molecule has 0 aliphatic carbocycles. The topological polar surface area (TPSA) is 57.0 Å². The average molecular weight is 205 g/mol. The maximum atomic E-state index is 6.06. The van der Waals surface area contributed by atoms with Crippen LogP contribution in [0.5, 0.6) is 0 Å². The Kier molecular flexibility index (Phi) is 2.60. The van der Waals surface area contributed by atoms with E-state index in [1.165, 1.54) is 0 Å². The van der Waals surface area contributed by atoms with E-state index in [1.54, 1.807) is 12.5 Å². The zero-order chi connectivity index (χ0) is 10.8. The standard InChI is InChI=1S/C11H15N3O/c1-8-5-9(7-15-8)10(12)6-11-13-3-4-14(11)2/h3-5,7,10H,6,12H2,1-2H3. The summed E-state index contributed by atoms with van der Waals surface area (Å²) >= 11 is 0. The van der Waals surface area contributed by atoms with Crippen molar-refractivity contribution < 1.29 is 4.42 Å². The van der Waals surface area contributed by atoms with Gasteiger partial charge in [-0.15, -0.1) is 0 Å². The molecule has 0 radical (unpaired) electrons. The van der Waals surface area contributed by atoms with Crippen molar-refractivity contribution in [1.82, 2.24) is 9.55 Å². The van der Waals surface area contributed by atoms with Crippen LogP contribution in [0.1, 0.15) is 23.2 Å². The van der Waals surface area contributed by atoms with Crippen molar-refractivity contribution in [2.24, 2.45) is 12.8 Å². The van der Waals surface area contributed by atoms with Crippen molar-refractivity contribution in [3.05, 3.63) is 41.9 Å². The van der Waals surface area contributed by atoms with E-state index in [0.717, 1.165) is 23.6 Å². The fraction of sp³-hybridized carbons (Fsp3) is 0.364. The third kappa shape index (κ3) is 2.10. The molecule has 2 N–H and O–H groups in total. The third-order valence-electron chi connectivity index (χ3n) is 2.50. The Labute approximate surface area is 88.7 Å². The largest absolute Gasteiger partial charge is 0.469 e. The Balaban J connectivity index is 2.10. The van der Waals surface area contributed by atoms with Crippen LogP contribution in [-0.4, -0.2) is 9.55 Å². The lowest BCUT2D eigenvalue weighted by Gasteiger charge is -2.08. The quantitative estimate of drug-likeness (QED) is 0.827. The number of hydrogen-bond donors (Lipinski definition) is 1. The Morgan fingerprint density at radius 2 is 2.40 bits per heavy atom. The zero-order valence-corrected chi connectivity index (χ0v) is 8.97. The number of imidazole rings is 1. The molecule has 0 aromatic carbocycles. The first kappa shape index (κ1) is 9.98. The number of rotatable bonds is 3. The highest BCUT2D eigenvalue weighted by Gasteiger charge is 2.11. The number of nitrogens with zero attached hydrogens (tertiary/aromatic N) is 2. The lowest BCUT2D eigenvalue weighted by atomic mass is 10.1. The smallest absolute Gasteiger partial charge is 0.110 e. The van der Waals surface area contributed by atoms with E-state index in [2.05, 4.69) is 4.98 Å².